The summed E-state index contributed by atoms with van der Waals surface area (Å²) in [6.45, 7) is 4.72. The van der Waals surface area contributed by atoms with Gasteiger partial charge in [0.25, 0.3) is 17.7 Å². The molecule has 6 rings (SSSR count). The van der Waals surface area contributed by atoms with Gasteiger partial charge in [-0.3, -0.25) is 19.3 Å². The minimum Gasteiger partial charge on any atom is -0.335 e. The lowest BCUT2D eigenvalue weighted by atomic mass is 9.95. The summed E-state index contributed by atoms with van der Waals surface area (Å²) in [5.74, 6) is -0.508. The van der Waals surface area contributed by atoms with Crippen molar-refractivity contribution in [1.29, 1.82) is 0 Å². The van der Waals surface area contributed by atoms with Gasteiger partial charge in [0.2, 0.25) is 0 Å². The van der Waals surface area contributed by atoms with Gasteiger partial charge in [0.1, 0.15) is 0 Å². The molecule has 0 spiro atoms. The summed E-state index contributed by atoms with van der Waals surface area (Å²) >= 11 is 1.35. The second-order valence-corrected chi connectivity index (χ2v) is 11.5. The van der Waals surface area contributed by atoms with Gasteiger partial charge in [-0.05, 0) is 47.9 Å². The van der Waals surface area contributed by atoms with E-state index < -0.39 is 17.6 Å². The lowest BCUT2D eigenvalue weighted by molar-refractivity contribution is -0.137. The van der Waals surface area contributed by atoms with E-state index in [4.69, 9.17) is 0 Å². The maximum absolute atomic E-state index is 13.2. The van der Waals surface area contributed by atoms with Gasteiger partial charge in [0.05, 0.1) is 5.56 Å². The molecule has 214 valence electrons. The van der Waals surface area contributed by atoms with Crippen molar-refractivity contribution in [3.8, 4) is 0 Å². The number of aromatic nitrogens is 1. The molecule has 41 heavy (non-hydrogen) atoms. The van der Waals surface area contributed by atoms with Crippen LogP contribution in [0.4, 0.5) is 13.2 Å². The number of alkyl halides is 3. The van der Waals surface area contributed by atoms with Crippen LogP contribution in [-0.4, -0.2) is 94.2 Å². The van der Waals surface area contributed by atoms with Crippen LogP contribution in [0.3, 0.4) is 0 Å². The summed E-state index contributed by atoms with van der Waals surface area (Å²) in [4.78, 5) is 50.3. The molecule has 8 nitrogen and oxygen atoms in total. The van der Waals surface area contributed by atoms with Crippen molar-refractivity contribution < 1.29 is 27.6 Å². The number of benzene rings is 2. The number of hydrogen-bond acceptors (Lipinski definition) is 6. The Kier molecular flexibility index (Phi) is 7.28. The molecule has 3 aliphatic rings. The summed E-state index contributed by atoms with van der Waals surface area (Å²) in [6, 6.07) is 10.2. The zero-order valence-electron chi connectivity index (χ0n) is 22.1. The van der Waals surface area contributed by atoms with E-state index in [2.05, 4.69) is 9.88 Å². The van der Waals surface area contributed by atoms with Crippen molar-refractivity contribution in [3.63, 3.8) is 0 Å². The zero-order valence-corrected chi connectivity index (χ0v) is 23.0. The predicted molar refractivity (Wildman–Crippen MR) is 146 cm³/mol. The lowest BCUT2D eigenvalue weighted by Crippen LogP contribution is -2.64. The van der Waals surface area contributed by atoms with E-state index in [0.717, 1.165) is 36.3 Å². The van der Waals surface area contributed by atoms with Crippen LogP contribution >= 0.6 is 11.3 Å². The monoisotopic (exact) mass is 583 g/mol. The Hall–Kier alpha value is -3.77. The Morgan fingerprint density at radius 2 is 1.54 bits per heavy atom. The lowest BCUT2D eigenvalue weighted by Gasteiger charge is -2.48. The number of thiazole rings is 1. The van der Waals surface area contributed by atoms with E-state index in [9.17, 15) is 27.6 Å². The van der Waals surface area contributed by atoms with Crippen LogP contribution in [0.25, 0.3) is 0 Å². The van der Waals surface area contributed by atoms with Crippen LogP contribution in [0.5, 0.6) is 0 Å². The fourth-order valence-corrected chi connectivity index (χ4v) is 6.26. The maximum atomic E-state index is 13.2. The highest BCUT2D eigenvalue weighted by Crippen LogP contribution is 2.30. The molecule has 0 radical (unpaired) electrons. The van der Waals surface area contributed by atoms with E-state index in [1.807, 2.05) is 21.9 Å². The van der Waals surface area contributed by atoms with E-state index in [1.165, 1.54) is 23.5 Å². The second-order valence-electron chi connectivity index (χ2n) is 10.6. The Morgan fingerprint density at radius 1 is 0.805 bits per heavy atom. The minimum atomic E-state index is -4.51. The minimum absolute atomic E-state index is 0.00920. The number of carbonyl (C=O) groups is 3. The van der Waals surface area contributed by atoms with Crippen LogP contribution in [0.2, 0.25) is 0 Å². The Balaban J connectivity index is 1.02. The Bertz CT molecular complexity index is 1460. The summed E-state index contributed by atoms with van der Waals surface area (Å²) in [5, 5.41) is 2.31. The first kappa shape index (κ1) is 27.4. The van der Waals surface area contributed by atoms with Crippen LogP contribution in [0.15, 0.2) is 54.0 Å². The fraction of sp³-hybridized carbons (Fsp3) is 0.379. The normalized spacial score (nSPS) is 18.2. The molecule has 3 aromatic rings. The molecule has 4 heterocycles. The number of amides is 3. The maximum Gasteiger partial charge on any atom is 0.416 e. The third kappa shape index (κ3) is 5.58. The largest absolute Gasteiger partial charge is 0.416 e. The van der Waals surface area contributed by atoms with Crippen molar-refractivity contribution in [2.75, 3.05) is 45.8 Å². The number of likely N-dealkylation sites (tertiary alicyclic amines) is 1. The van der Waals surface area contributed by atoms with Crippen molar-refractivity contribution >= 4 is 29.1 Å². The number of halogens is 3. The molecule has 0 N–H and O–H groups in total. The third-order valence-electron chi connectivity index (χ3n) is 8.07. The molecule has 0 atom stereocenters. The average molecular weight is 584 g/mol. The molecule has 0 saturated carbocycles. The van der Waals surface area contributed by atoms with Crippen molar-refractivity contribution in [2.24, 2.45) is 0 Å². The molecule has 2 aromatic carbocycles. The van der Waals surface area contributed by atoms with Crippen molar-refractivity contribution in [1.82, 2.24) is 24.6 Å². The number of nitrogens with zero attached hydrogens (tertiary/aromatic N) is 5. The highest BCUT2D eigenvalue weighted by molar-refractivity contribution is 7.11. The van der Waals surface area contributed by atoms with Crippen LogP contribution in [-0.2, 0) is 19.1 Å². The molecule has 0 bridgehead atoms. The van der Waals surface area contributed by atoms with E-state index in [0.29, 0.717) is 49.7 Å². The van der Waals surface area contributed by atoms with Crippen LogP contribution in [0.1, 0.15) is 47.2 Å². The number of hydrogen-bond donors (Lipinski definition) is 0. The number of fused-ring (bicyclic) bond motifs is 1. The summed E-state index contributed by atoms with van der Waals surface area (Å²) in [7, 11) is 0. The molecular formula is C29H28F3N5O3S. The molecule has 3 amide bonds. The third-order valence-corrected chi connectivity index (χ3v) is 8.83. The van der Waals surface area contributed by atoms with Gasteiger partial charge >= 0.3 is 6.18 Å². The van der Waals surface area contributed by atoms with Crippen LogP contribution in [0, 0.1) is 0 Å². The highest BCUT2D eigenvalue weighted by atomic mass is 32.1. The molecule has 2 saturated heterocycles. The Labute approximate surface area is 239 Å². The van der Waals surface area contributed by atoms with Gasteiger partial charge in [-0.2, -0.15) is 13.2 Å². The predicted octanol–water partition coefficient (Wildman–Crippen LogP) is 3.64. The first-order valence-corrected chi connectivity index (χ1v) is 14.4. The number of rotatable bonds is 4. The molecule has 3 aliphatic heterocycles. The number of carbonyl (C=O) groups excluding carboxylic acids is 3. The summed E-state index contributed by atoms with van der Waals surface area (Å²) in [5.41, 5.74) is 1.62. The topological polar surface area (TPSA) is 77.1 Å². The molecular weight excluding hydrogens is 555 g/mol. The Morgan fingerprint density at radius 3 is 2.24 bits per heavy atom. The SMILES string of the molecule is O=C(c1cccc(C(F)(F)F)c1)N1CCc2cc(C(=O)N3CC(N4CCN(C(=O)c5nccs5)CC4)C3)ccc2C1. The molecule has 0 unspecified atom stereocenters. The van der Waals surface area contributed by atoms with Crippen LogP contribution < -0.4 is 0 Å². The van der Waals surface area contributed by atoms with E-state index in [-0.39, 0.29) is 30.0 Å². The van der Waals surface area contributed by atoms with E-state index >= 15 is 0 Å². The molecule has 1 aromatic heterocycles. The first-order valence-electron chi connectivity index (χ1n) is 13.5. The van der Waals surface area contributed by atoms with E-state index in [1.54, 1.807) is 22.5 Å². The van der Waals surface area contributed by atoms with Crippen molar-refractivity contribution in [3.05, 3.63) is 86.9 Å². The van der Waals surface area contributed by atoms with Crippen molar-refractivity contribution in [2.45, 2.75) is 25.2 Å². The second kappa shape index (κ2) is 10.9. The van der Waals surface area contributed by atoms with Gasteiger partial charge in [0.15, 0.2) is 5.01 Å². The summed E-state index contributed by atoms with van der Waals surface area (Å²) < 4.78 is 39.3. The van der Waals surface area contributed by atoms with Gasteiger partial charge in [-0.25, -0.2) is 4.98 Å². The summed E-state index contributed by atoms with van der Waals surface area (Å²) in [6.07, 6.45) is -2.35. The quantitative estimate of drug-likeness (QED) is 0.469. The molecule has 12 heteroatoms. The zero-order chi connectivity index (χ0) is 28.7. The number of piperazine rings is 1. The average Bonchev–Trinajstić information content (AvgIpc) is 3.50. The van der Waals surface area contributed by atoms with Gasteiger partial charge in [0, 0.05) is 81.1 Å². The first-order chi connectivity index (χ1) is 19.7. The smallest absolute Gasteiger partial charge is 0.335 e. The standard InChI is InChI=1S/C29H28F3N5O3S/c30-29(31,32)23-3-1-2-20(15-23)26(38)36-8-6-19-14-21(4-5-22(19)16-36)27(39)37-17-24(18-37)34-9-11-35(12-10-34)28(40)25-33-7-13-41-25/h1-5,7,13-15,24H,6,8-12,16-18H2. The highest BCUT2D eigenvalue weighted by Gasteiger charge is 2.37. The van der Waals surface area contributed by atoms with Gasteiger partial charge in [-0.15, -0.1) is 11.3 Å². The fourth-order valence-electron chi connectivity index (χ4n) is 5.66. The molecule has 0 aliphatic carbocycles. The van der Waals surface area contributed by atoms with Gasteiger partial charge in [-0.1, -0.05) is 12.1 Å². The van der Waals surface area contributed by atoms with Gasteiger partial charge < -0.3 is 14.7 Å². The molecule has 2 fully saturated rings.